The molecule has 0 spiro atoms. The Morgan fingerprint density at radius 2 is 1.73 bits per heavy atom. The first-order valence-electron chi connectivity index (χ1n) is 8.26. The van der Waals surface area contributed by atoms with Crippen LogP contribution in [0.4, 0.5) is 11.4 Å². The molecule has 0 aliphatic rings. The molecule has 0 fully saturated rings. The molecule has 26 heavy (non-hydrogen) atoms. The highest BCUT2D eigenvalue weighted by molar-refractivity contribution is 7.17. The zero-order chi connectivity index (χ0) is 18.1. The van der Waals surface area contributed by atoms with Gasteiger partial charge in [0.2, 0.25) is 0 Å². The lowest BCUT2D eigenvalue weighted by Gasteiger charge is -2.11. The second kappa shape index (κ2) is 6.94. The smallest absolute Gasteiger partial charge is 0.195 e. The van der Waals surface area contributed by atoms with E-state index in [9.17, 15) is 4.79 Å². The van der Waals surface area contributed by atoms with E-state index in [4.69, 9.17) is 11.6 Å². The largest absolute Gasteiger partial charge is 0.355 e. The summed E-state index contributed by atoms with van der Waals surface area (Å²) in [5.41, 5.74) is 4.24. The molecule has 2 nitrogen and oxygen atoms in total. The van der Waals surface area contributed by atoms with Crippen LogP contribution in [-0.4, -0.2) is 5.78 Å². The average molecular weight is 378 g/mol. The van der Waals surface area contributed by atoms with Crippen molar-refractivity contribution in [1.29, 1.82) is 0 Å². The zero-order valence-electron chi connectivity index (χ0n) is 14.1. The minimum Gasteiger partial charge on any atom is -0.355 e. The summed E-state index contributed by atoms with van der Waals surface area (Å²) in [6.45, 7) is 2.05. The van der Waals surface area contributed by atoms with Gasteiger partial charge in [-0.05, 0) is 42.8 Å². The number of halogens is 1. The van der Waals surface area contributed by atoms with Gasteiger partial charge in [0.15, 0.2) is 5.78 Å². The zero-order valence-corrected chi connectivity index (χ0v) is 15.7. The van der Waals surface area contributed by atoms with Crippen molar-refractivity contribution in [3.8, 4) is 0 Å². The Bertz CT molecular complexity index is 1120. The Hall–Kier alpha value is -2.62. The molecule has 1 heterocycles. The number of carbonyl (C=O) groups is 1. The van der Waals surface area contributed by atoms with Gasteiger partial charge in [-0.15, -0.1) is 11.3 Å². The number of anilines is 2. The number of fused-ring (bicyclic) bond motifs is 1. The quantitative estimate of drug-likeness (QED) is 0.394. The maximum absolute atomic E-state index is 13.0. The van der Waals surface area contributed by atoms with Crippen LogP contribution in [0.5, 0.6) is 0 Å². The van der Waals surface area contributed by atoms with Crippen LogP contribution in [-0.2, 0) is 0 Å². The van der Waals surface area contributed by atoms with Crippen molar-refractivity contribution < 1.29 is 4.79 Å². The van der Waals surface area contributed by atoms with Crippen LogP contribution >= 0.6 is 22.9 Å². The Morgan fingerprint density at radius 1 is 0.962 bits per heavy atom. The number of rotatable bonds is 4. The molecule has 4 heteroatoms. The topological polar surface area (TPSA) is 29.1 Å². The summed E-state index contributed by atoms with van der Waals surface area (Å²) in [5, 5.41) is 6.68. The molecule has 0 unspecified atom stereocenters. The Labute approximate surface area is 161 Å². The maximum Gasteiger partial charge on any atom is 0.195 e. The van der Waals surface area contributed by atoms with Gasteiger partial charge in [0.25, 0.3) is 0 Å². The third-order valence-electron chi connectivity index (χ3n) is 4.36. The van der Waals surface area contributed by atoms with Crippen molar-refractivity contribution in [2.75, 3.05) is 5.32 Å². The third kappa shape index (κ3) is 3.12. The van der Waals surface area contributed by atoms with E-state index in [1.54, 1.807) is 23.5 Å². The first kappa shape index (κ1) is 16.8. The normalized spacial score (nSPS) is 10.8. The second-order valence-electron chi connectivity index (χ2n) is 6.11. The van der Waals surface area contributed by atoms with E-state index in [0.717, 1.165) is 27.0 Å². The summed E-state index contributed by atoms with van der Waals surface area (Å²) in [7, 11) is 0. The number of carbonyl (C=O) groups excluding carboxylic acids is 1. The highest BCUT2D eigenvalue weighted by Crippen LogP contribution is 2.31. The Balaban J connectivity index is 1.66. The van der Waals surface area contributed by atoms with Gasteiger partial charge >= 0.3 is 0 Å². The molecular weight excluding hydrogens is 362 g/mol. The Morgan fingerprint density at radius 3 is 2.54 bits per heavy atom. The number of benzene rings is 3. The number of para-hydroxylation sites is 1. The first-order chi connectivity index (χ1) is 12.6. The predicted molar refractivity (Wildman–Crippen MR) is 111 cm³/mol. The van der Waals surface area contributed by atoms with Gasteiger partial charge in [0.05, 0.1) is 5.02 Å². The fraction of sp³-hybridized carbons (Fsp3) is 0.0455. The van der Waals surface area contributed by atoms with Crippen molar-refractivity contribution in [3.05, 3.63) is 93.8 Å². The molecule has 1 N–H and O–H groups in total. The highest BCUT2D eigenvalue weighted by atomic mass is 35.5. The standard InChI is InChI=1S/C22H16ClNOS/c1-14-6-2-4-8-20(14)24-15-10-11-17(19(23)12-15)22(25)18-13-26-21-9-5-3-7-16(18)21/h2-13,24H,1H3. The number of nitrogens with one attached hydrogen (secondary N) is 1. The molecule has 0 atom stereocenters. The molecule has 0 amide bonds. The lowest BCUT2D eigenvalue weighted by Crippen LogP contribution is -2.02. The molecule has 0 aliphatic heterocycles. The first-order valence-corrected chi connectivity index (χ1v) is 9.52. The van der Waals surface area contributed by atoms with Crippen LogP contribution in [0, 0.1) is 6.92 Å². The van der Waals surface area contributed by atoms with Crippen LogP contribution in [0.1, 0.15) is 21.5 Å². The van der Waals surface area contributed by atoms with Gasteiger partial charge in [-0.3, -0.25) is 4.79 Å². The molecule has 4 aromatic rings. The summed E-state index contributed by atoms with van der Waals surface area (Å²) in [5.74, 6) is -0.0464. The SMILES string of the molecule is Cc1ccccc1Nc1ccc(C(=O)c2csc3ccccc23)c(Cl)c1. The predicted octanol–water partition coefficient (Wildman–Crippen LogP) is 6.84. The van der Waals surface area contributed by atoms with Crippen LogP contribution in [0.25, 0.3) is 10.1 Å². The number of thiophene rings is 1. The van der Waals surface area contributed by atoms with Crippen molar-refractivity contribution in [2.45, 2.75) is 6.92 Å². The van der Waals surface area contributed by atoms with E-state index in [1.165, 1.54) is 0 Å². The summed E-state index contributed by atoms with van der Waals surface area (Å²) in [4.78, 5) is 13.0. The fourth-order valence-corrected chi connectivity index (χ4v) is 4.15. The number of hydrogen-bond donors (Lipinski definition) is 1. The minimum atomic E-state index is -0.0464. The van der Waals surface area contributed by atoms with E-state index in [1.807, 2.05) is 66.9 Å². The van der Waals surface area contributed by atoms with Gasteiger partial charge in [0.1, 0.15) is 0 Å². The molecule has 128 valence electrons. The molecule has 0 saturated carbocycles. The van der Waals surface area contributed by atoms with Crippen LogP contribution in [0.2, 0.25) is 5.02 Å². The van der Waals surface area contributed by atoms with Gasteiger partial charge in [-0.2, -0.15) is 0 Å². The monoisotopic (exact) mass is 377 g/mol. The summed E-state index contributed by atoms with van der Waals surface area (Å²) < 4.78 is 1.10. The molecular formula is C22H16ClNOS. The van der Waals surface area contributed by atoms with E-state index >= 15 is 0 Å². The van der Waals surface area contributed by atoms with Crippen molar-refractivity contribution in [2.24, 2.45) is 0 Å². The lowest BCUT2D eigenvalue weighted by molar-refractivity contribution is 0.104. The van der Waals surface area contributed by atoms with Crippen molar-refractivity contribution >= 4 is 50.2 Å². The molecule has 0 saturated heterocycles. The fourth-order valence-electron chi connectivity index (χ4n) is 2.94. The van der Waals surface area contributed by atoms with E-state index in [0.29, 0.717) is 16.1 Å². The second-order valence-corrected chi connectivity index (χ2v) is 7.43. The molecule has 1 aromatic heterocycles. The van der Waals surface area contributed by atoms with Gasteiger partial charge in [-0.25, -0.2) is 0 Å². The van der Waals surface area contributed by atoms with Crippen molar-refractivity contribution in [1.82, 2.24) is 0 Å². The molecule has 3 aromatic carbocycles. The molecule has 0 radical (unpaired) electrons. The van der Waals surface area contributed by atoms with Gasteiger partial charge in [-0.1, -0.05) is 48.0 Å². The van der Waals surface area contributed by atoms with E-state index < -0.39 is 0 Å². The van der Waals surface area contributed by atoms with Crippen LogP contribution in [0.3, 0.4) is 0 Å². The van der Waals surface area contributed by atoms with Crippen LogP contribution in [0.15, 0.2) is 72.1 Å². The average Bonchev–Trinajstić information content (AvgIpc) is 3.07. The highest BCUT2D eigenvalue weighted by Gasteiger charge is 2.17. The van der Waals surface area contributed by atoms with E-state index in [-0.39, 0.29) is 5.78 Å². The summed E-state index contributed by atoms with van der Waals surface area (Å²) in [6.07, 6.45) is 0. The van der Waals surface area contributed by atoms with Crippen molar-refractivity contribution in [3.63, 3.8) is 0 Å². The van der Waals surface area contributed by atoms with Gasteiger partial charge < -0.3 is 5.32 Å². The van der Waals surface area contributed by atoms with Crippen LogP contribution < -0.4 is 5.32 Å². The lowest BCUT2D eigenvalue weighted by atomic mass is 10.0. The molecule has 0 bridgehead atoms. The number of hydrogen-bond acceptors (Lipinski definition) is 3. The molecule has 4 rings (SSSR count). The maximum atomic E-state index is 13.0. The summed E-state index contributed by atoms with van der Waals surface area (Å²) in [6, 6.07) is 21.4. The summed E-state index contributed by atoms with van der Waals surface area (Å²) >= 11 is 8.01. The van der Waals surface area contributed by atoms with Gasteiger partial charge in [0, 0.05) is 38.0 Å². The molecule has 0 aliphatic carbocycles. The third-order valence-corrected chi connectivity index (χ3v) is 5.64. The number of ketones is 1. The Kier molecular flexibility index (Phi) is 4.49. The minimum absolute atomic E-state index is 0.0464. The number of aryl methyl sites for hydroxylation is 1. The van der Waals surface area contributed by atoms with E-state index in [2.05, 4.69) is 5.32 Å².